The van der Waals surface area contributed by atoms with Gasteiger partial charge in [0.2, 0.25) is 0 Å². The average Bonchev–Trinajstić information content (AvgIpc) is 2.67. The molecular formula is C19H25N5O. The van der Waals surface area contributed by atoms with Gasteiger partial charge < -0.3 is 5.32 Å². The SMILES string of the molecule is CCc1ncc(C(=O)NC[C@@H]2CCCN(Cc3cccnc3)C2)cn1. The minimum atomic E-state index is -0.0907. The van der Waals surface area contributed by atoms with E-state index in [2.05, 4.69) is 31.2 Å². The van der Waals surface area contributed by atoms with Gasteiger partial charge in [0.05, 0.1) is 5.56 Å². The van der Waals surface area contributed by atoms with Gasteiger partial charge >= 0.3 is 0 Å². The van der Waals surface area contributed by atoms with Crippen LogP contribution in [0.5, 0.6) is 0 Å². The number of piperidine rings is 1. The Morgan fingerprint density at radius 1 is 1.32 bits per heavy atom. The Kier molecular flexibility index (Phi) is 6.06. The summed E-state index contributed by atoms with van der Waals surface area (Å²) in [5.74, 6) is 1.15. The van der Waals surface area contributed by atoms with Crippen molar-refractivity contribution in [3.63, 3.8) is 0 Å². The van der Waals surface area contributed by atoms with Crippen LogP contribution in [0.3, 0.4) is 0 Å². The van der Waals surface area contributed by atoms with Crippen molar-refractivity contribution in [2.75, 3.05) is 19.6 Å². The first-order valence-corrected chi connectivity index (χ1v) is 8.95. The summed E-state index contributed by atoms with van der Waals surface area (Å²) in [4.78, 5) is 27.2. The second-order valence-corrected chi connectivity index (χ2v) is 6.56. The number of amides is 1. The maximum atomic E-state index is 12.2. The van der Waals surface area contributed by atoms with Crippen LogP contribution < -0.4 is 5.32 Å². The fourth-order valence-corrected chi connectivity index (χ4v) is 3.21. The van der Waals surface area contributed by atoms with Gasteiger partial charge in [-0.05, 0) is 36.9 Å². The molecule has 0 unspecified atom stereocenters. The molecule has 0 radical (unpaired) electrons. The highest BCUT2D eigenvalue weighted by atomic mass is 16.1. The van der Waals surface area contributed by atoms with Gasteiger partial charge in [-0.3, -0.25) is 14.7 Å². The second kappa shape index (κ2) is 8.67. The van der Waals surface area contributed by atoms with E-state index < -0.39 is 0 Å². The number of aryl methyl sites for hydroxylation is 1. The molecule has 0 saturated carbocycles. The molecular weight excluding hydrogens is 314 g/mol. The van der Waals surface area contributed by atoms with Crippen LogP contribution in [-0.4, -0.2) is 45.4 Å². The van der Waals surface area contributed by atoms with Gasteiger partial charge in [0.15, 0.2) is 0 Å². The van der Waals surface area contributed by atoms with Gasteiger partial charge in [0, 0.05) is 50.8 Å². The number of nitrogens with one attached hydrogen (secondary N) is 1. The maximum absolute atomic E-state index is 12.2. The molecule has 1 amide bonds. The van der Waals surface area contributed by atoms with Crippen molar-refractivity contribution in [2.24, 2.45) is 5.92 Å². The van der Waals surface area contributed by atoms with Crippen molar-refractivity contribution in [2.45, 2.75) is 32.7 Å². The molecule has 6 heteroatoms. The molecule has 2 aromatic rings. The number of aromatic nitrogens is 3. The fraction of sp³-hybridized carbons (Fsp3) is 0.474. The number of likely N-dealkylation sites (tertiary alicyclic amines) is 1. The normalized spacial score (nSPS) is 18.0. The Morgan fingerprint density at radius 3 is 2.88 bits per heavy atom. The van der Waals surface area contributed by atoms with Crippen molar-refractivity contribution >= 4 is 5.91 Å². The van der Waals surface area contributed by atoms with Gasteiger partial charge in [-0.2, -0.15) is 0 Å². The summed E-state index contributed by atoms with van der Waals surface area (Å²) < 4.78 is 0. The summed E-state index contributed by atoms with van der Waals surface area (Å²) in [6.45, 7) is 5.71. The Morgan fingerprint density at radius 2 is 2.16 bits per heavy atom. The first kappa shape index (κ1) is 17.5. The summed E-state index contributed by atoms with van der Waals surface area (Å²) >= 11 is 0. The lowest BCUT2D eigenvalue weighted by Crippen LogP contribution is -2.40. The standard InChI is InChI=1S/C19H25N5O/c1-2-18-21-11-17(12-22-18)19(25)23-10-16-6-4-8-24(14-16)13-15-5-3-7-20-9-15/h3,5,7,9,11-12,16H,2,4,6,8,10,13-14H2,1H3,(H,23,25)/t16-/m0/s1. The summed E-state index contributed by atoms with van der Waals surface area (Å²) in [7, 11) is 0. The van der Waals surface area contributed by atoms with Crippen LogP contribution in [0.15, 0.2) is 36.9 Å². The van der Waals surface area contributed by atoms with Gasteiger partial charge in [-0.25, -0.2) is 9.97 Å². The summed E-state index contributed by atoms with van der Waals surface area (Å²) in [6.07, 6.45) is 10.0. The Hall–Kier alpha value is -2.34. The van der Waals surface area contributed by atoms with E-state index in [9.17, 15) is 4.79 Å². The quantitative estimate of drug-likeness (QED) is 0.872. The maximum Gasteiger partial charge on any atom is 0.254 e. The van der Waals surface area contributed by atoms with Crippen LogP contribution in [0.25, 0.3) is 0 Å². The van der Waals surface area contributed by atoms with E-state index in [0.29, 0.717) is 18.0 Å². The molecule has 3 heterocycles. The Bertz CT molecular complexity index is 674. The smallest absolute Gasteiger partial charge is 0.254 e. The molecule has 132 valence electrons. The Labute approximate surface area is 148 Å². The molecule has 1 aliphatic heterocycles. The van der Waals surface area contributed by atoms with E-state index >= 15 is 0 Å². The molecule has 25 heavy (non-hydrogen) atoms. The molecule has 1 atom stereocenters. The monoisotopic (exact) mass is 339 g/mol. The molecule has 6 nitrogen and oxygen atoms in total. The molecule has 0 aliphatic carbocycles. The second-order valence-electron chi connectivity index (χ2n) is 6.56. The largest absolute Gasteiger partial charge is 0.352 e. The molecule has 2 aromatic heterocycles. The summed E-state index contributed by atoms with van der Waals surface area (Å²) in [5, 5.41) is 3.03. The molecule has 0 aromatic carbocycles. The minimum Gasteiger partial charge on any atom is -0.352 e. The van der Waals surface area contributed by atoms with E-state index in [4.69, 9.17) is 0 Å². The number of carbonyl (C=O) groups is 1. The highest BCUT2D eigenvalue weighted by Crippen LogP contribution is 2.18. The molecule has 0 bridgehead atoms. The predicted molar refractivity (Wildman–Crippen MR) is 96.0 cm³/mol. The number of hydrogen-bond donors (Lipinski definition) is 1. The fourth-order valence-electron chi connectivity index (χ4n) is 3.21. The van der Waals surface area contributed by atoms with Crippen molar-refractivity contribution in [3.05, 3.63) is 53.9 Å². The van der Waals surface area contributed by atoms with Crippen molar-refractivity contribution < 1.29 is 4.79 Å². The van der Waals surface area contributed by atoms with Gasteiger partial charge in [-0.15, -0.1) is 0 Å². The van der Waals surface area contributed by atoms with Gasteiger partial charge in [0.25, 0.3) is 5.91 Å². The van der Waals surface area contributed by atoms with Crippen molar-refractivity contribution in [1.82, 2.24) is 25.2 Å². The van der Waals surface area contributed by atoms with Gasteiger partial charge in [-0.1, -0.05) is 13.0 Å². The lowest BCUT2D eigenvalue weighted by atomic mass is 9.97. The molecule has 3 rings (SSSR count). The van der Waals surface area contributed by atoms with Gasteiger partial charge in [0.1, 0.15) is 5.82 Å². The zero-order valence-corrected chi connectivity index (χ0v) is 14.7. The number of rotatable bonds is 6. The van der Waals surface area contributed by atoms with E-state index in [-0.39, 0.29) is 5.91 Å². The highest BCUT2D eigenvalue weighted by molar-refractivity contribution is 5.93. The summed E-state index contributed by atoms with van der Waals surface area (Å²) in [6, 6.07) is 4.08. The summed E-state index contributed by atoms with van der Waals surface area (Å²) in [5.41, 5.74) is 1.76. The van der Waals surface area contributed by atoms with Crippen LogP contribution >= 0.6 is 0 Å². The lowest BCUT2D eigenvalue weighted by Gasteiger charge is -2.32. The van der Waals surface area contributed by atoms with E-state index in [1.54, 1.807) is 18.6 Å². The van der Waals surface area contributed by atoms with Crippen LogP contribution in [-0.2, 0) is 13.0 Å². The van der Waals surface area contributed by atoms with E-state index in [1.165, 1.54) is 5.56 Å². The predicted octanol–water partition coefficient (Wildman–Crippen LogP) is 2.08. The minimum absolute atomic E-state index is 0.0907. The zero-order chi connectivity index (χ0) is 17.5. The molecule has 1 N–H and O–H groups in total. The molecule has 0 spiro atoms. The number of carbonyl (C=O) groups excluding carboxylic acids is 1. The number of nitrogens with zero attached hydrogens (tertiary/aromatic N) is 4. The number of hydrogen-bond acceptors (Lipinski definition) is 5. The van der Waals surface area contributed by atoms with Crippen LogP contribution in [0.1, 0.15) is 41.5 Å². The first-order valence-electron chi connectivity index (χ1n) is 8.95. The van der Waals surface area contributed by atoms with Crippen LogP contribution in [0, 0.1) is 5.92 Å². The Balaban J connectivity index is 1.48. The van der Waals surface area contributed by atoms with E-state index in [0.717, 1.165) is 44.7 Å². The third kappa shape index (κ3) is 5.06. The molecule has 1 saturated heterocycles. The number of pyridine rings is 1. The van der Waals surface area contributed by atoms with Crippen LogP contribution in [0.4, 0.5) is 0 Å². The van der Waals surface area contributed by atoms with Crippen molar-refractivity contribution in [3.8, 4) is 0 Å². The topological polar surface area (TPSA) is 71.0 Å². The lowest BCUT2D eigenvalue weighted by molar-refractivity contribution is 0.0930. The van der Waals surface area contributed by atoms with Crippen molar-refractivity contribution in [1.29, 1.82) is 0 Å². The molecule has 1 aliphatic rings. The first-order chi connectivity index (χ1) is 12.2. The zero-order valence-electron chi connectivity index (χ0n) is 14.7. The third-order valence-electron chi connectivity index (χ3n) is 4.57. The van der Waals surface area contributed by atoms with E-state index in [1.807, 2.05) is 19.2 Å². The molecule has 1 fully saturated rings. The van der Waals surface area contributed by atoms with Crippen LogP contribution in [0.2, 0.25) is 0 Å². The third-order valence-corrected chi connectivity index (χ3v) is 4.57. The highest BCUT2D eigenvalue weighted by Gasteiger charge is 2.20. The average molecular weight is 339 g/mol.